The Morgan fingerprint density at radius 2 is 1.65 bits per heavy atom. The molecule has 9 heteroatoms. The number of carbonyl (C=O) groups excluding carboxylic acids is 1. The second-order valence-corrected chi connectivity index (χ2v) is 7.45. The smallest absolute Gasteiger partial charge is 0.263 e. The fourth-order valence-corrected chi connectivity index (χ4v) is 3.67. The van der Waals surface area contributed by atoms with E-state index in [2.05, 4.69) is 15.6 Å². The Labute approximate surface area is 185 Å². The van der Waals surface area contributed by atoms with Crippen LogP contribution in [0, 0.1) is 0 Å². The van der Waals surface area contributed by atoms with Crippen molar-refractivity contribution in [3.8, 4) is 23.0 Å². The summed E-state index contributed by atoms with van der Waals surface area (Å²) in [6, 6.07) is 11.3. The van der Waals surface area contributed by atoms with Crippen molar-refractivity contribution < 1.29 is 23.7 Å². The highest BCUT2D eigenvalue weighted by molar-refractivity contribution is 7.17. The number of aromatic nitrogens is 1. The van der Waals surface area contributed by atoms with Crippen LogP contribution in [0.1, 0.15) is 15.2 Å². The van der Waals surface area contributed by atoms with Gasteiger partial charge in [-0.25, -0.2) is 4.98 Å². The molecular weight excluding hydrogens is 418 g/mol. The molecule has 2 N–H and O–H groups in total. The first-order valence-corrected chi connectivity index (χ1v) is 10.3. The molecule has 0 saturated heterocycles. The van der Waals surface area contributed by atoms with E-state index in [4.69, 9.17) is 18.9 Å². The van der Waals surface area contributed by atoms with Gasteiger partial charge in [-0.3, -0.25) is 4.79 Å². The average Bonchev–Trinajstić information content (AvgIpc) is 3.27. The summed E-state index contributed by atoms with van der Waals surface area (Å²) in [7, 11) is 6.29. The predicted molar refractivity (Wildman–Crippen MR) is 121 cm³/mol. The van der Waals surface area contributed by atoms with E-state index in [1.165, 1.54) is 11.3 Å². The molecule has 0 saturated carbocycles. The molecule has 0 aliphatic heterocycles. The van der Waals surface area contributed by atoms with Crippen LogP contribution in [0.25, 0.3) is 0 Å². The van der Waals surface area contributed by atoms with Crippen LogP contribution < -0.4 is 29.6 Å². The number of hydrogen-bond acceptors (Lipinski definition) is 8. The van der Waals surface area contributed by atoms with Gasteiger partial charge in [0.05, 0.1) is 34.6 Å². The van der Waals surface area contributed by atoms with Gasteiger partial charge < -0.3 is 29.6 Å². The molecule has 1 aromatic heterocycles. The number of anilines is 2. The van der Waals surface area contributed by atoms with Crippen molar-refractivity contribution in [3.05, 3.63) is 53.0 Å². The van der Waals surface area contributed by atoms with E-state index in [9.17, 15) is 4.79 Å². The summed E-state index contributed by atoms with van der Waals surface area (Å²) in [6.07, 6.45) is 2.28. The van der Waals surface area contributed by atoms with Gasteiger partial charge in [0.25, 0.3) is 5.91 Å². The van der Waals surface area contributed by atoms with Crippen LogP contribution in [0.5, 0.6) is 23.0 Å². The van der Waals surface area contributed by atoms with Gasteiger partial charge in [0.1, 0.15) is 10.6 Å². The van der Waals surface area contributed by atoms with Crippen molar-refractivity contribution >= 4 is 28.1 Å². The minimum Gasteiger partial charge on any atom is -0.497 e. The van der Waals surface area contributed by atoms with Crippen LogP contribution in [0.15, 0.2) is 42.6 Å². The minimum absolute atomic E-state index is 0.163. The number of nitrogens with one attached hydrogen (secondary N) is 2. The fourth-order valence-electron chi connectivity index (χ4n) is 2.91. The van der Waals surface area contributed by atoms with E-state index in [0.717, 1.165) is 17.7 Å². The monoisotopic (exact) mass is 443 g/mol. The van der Waals surface area contributed by atoms with Crippen LogP contribution in [0.3, 0.4) is 0 Å². The zero-order chi connectivity index (χ0) is 22.2. The topological polar surface area (TPSA) is 90.9 Å². The van der Waals surface area contributed by atoms with Crippen molar-refractivity contribution in [2.45, 2.75) is 6.42 Å². The van der Waals surface area contributed by atoms with Crippen molar-refractivity contribution in [2.75, 3.05) is 40.3 Å². The van der Waals surface area contributed by atoms with E-state index < -0.39 is 0 Å². The number of carbonyl (C=O) groups is 1. The molecule has 3 rings (SSSR count). The average molecular weight is 444 g/mol. The van der Waals surface area contributed by atoms with Crippen LogP contribution >= 0.6 is 11.3 Å². The third-order valence-corrected chi connectivity index (χ3v) is 5.42. The minimum atomic E-state index is -0.163. The number of benzene rings is 2. The van der Waals surface area contributed by atoms with Crippen LogP contribution in [0.4, 0.5) is 10.8 Å². The van der Waals surface area contributed by atoms with Crippen LogP contribution in [0.2, 0.25) is 0 Å². The van der Waals surface area contributed by atoms with E-state index in [1.54, 1.807) is 46.8 Å². The van der Waals surface area contributed by atoms with Crippen LogP contribution in [-0.2, 0) is 6.42 Å². The van der Waals surface area contributed by atoms with Crippen molar-refractivity contribution in [1.82, 2.24) is 10.3 Å². The lowest BCUT2D eigenvalue weighted by atomic mass is 10.1. The second kappa shape index (κ2) is 10.5. The maximum absolute atomic E-state index is 12.4. The first kappa shape index (κ1) is 22.2. The highest BCUT2D eigenvalue weighted by Gasteiger charge is 2.15. The number of rotatable bonds is 10. The third-order valence-electron chi connectivity index (χ3n) is 4.50. The quantitative estimate of drug-likeness (QED) is 0.491. The van der Waals surface area contributed by atoms with Gasteiger partial charge in [-0.2, -0.15) is 0 Å². The number of nitrogens with zero attached hydrogens (tertiary/aromatic N) is 1. The lowest BCUT2D eigenvalue weighted by molar-refractivity contribution is 0.0958. The lowest BCUT2D eigenvalue weighted by Gasteiger charge is -2.14. The van der Waals surface area contributed by atoms with Gasteiger partial charge >= 0.3 is 0 Å². The first-order valence-electron chi connectivity index (χ1n) is 9.52. The molecule has 164 valence electrons. The number of methoxy groups -OCH3 is 4. The van der Waals surface area contributed by atoms with E-state index in [-0.39, 0.29) is 5.91 Å². The van der Waals surface area contributed by atoms with Crippen molar-refractivity contribution in [3.63, 3.8) is 0 Å². The van der Waals surface area contributed by atoms with E-state index >= 15 is 0 Å². The van der Waals surface area contributed by atoms with Gasteiger partial charge in [-0.15, -0.1) is 0 Å². The summed E-state index contributed by atoms with van der Waals surface area (Å²) in [6.45, 7) is 0.526. The molecule has 1 amide bonds. The summed E-state index contributed by atoms with van der Waals surface area (Å²) >= 11 is 1.26. The molecule has 2 aromatic carbocycles. The molecule has 31 heavy (non-hydrogen) atoms. The van der Waals surface area contributed by atoms with E-state index in [0.29, 0.717) is 39.5 Å². The highest BCUT2D eigenvalue weighted by Crippen LogP contribution is 2.40. The maximum Gasteiger partial charge on any atom is 0.263 e. The Morgan fingerprint density at radius 3 is 2.23 bits per heavy atom. The Balaban J connectivity index is 1.60. The second-order valence-electron chi connectivity index (χ2n) is 6.42. The van der Waals surface area contributed by atoms with Crippen LogP contribution in [-0.4, -0.2) is 45.9 Å². The largest absolute Gasteiger partial charge is 0.497 e. The third kappa shape index (κ3) is 5.58. The molecular formula is C22H25N3O5S. The fraction of sp³-hybridized carbons (Fsp3) is 0.273. The Morgan fingerprint density at radius 1 is 0.968 bits per heavy atom. The van der Waals surface area contributed by atoms with E-state index in [1.807, 2.05) is 24.3 Å². The highest BCUT2D eigenvalue weighted by atomic mass is 32.1. The molecule has 0 bridgehead atoms. The van der Waals surface area contributed by atoms with Gasteiger partial charge in [0, 0.05) is 24.4 Å². The molecule has 1 heterocycles. The molecule has 0 aliphatic rings. The lowest BCUT2D eigenvalue weighted by Crippen LogP contribution is -2.24. The molecule has 0 aliphatic carbocycles. The Bertz CT molecular complexity index is 995. The van der Waals surface area contributed by atoms with Crippen molar-refractivity contribution in [2.24, 2.45) is 0 Å². The van der Waals surface area contributed by atoms with Crippen molar-refractivity contribution in [1.29, 1.82) is 0 Å². The molecule has 8 nitrogen and oxygen atoms in total. The summed E-state index contributed by atoms with van der Waals surface area (Å²) in [5, 5.41) is 6.67. The zero-order valence-electron chi connectivity index (χ0n) is 17.9. The zero-order valence-corrected chi connectivity index (χ0v) is 18.7. The number of ether oxygens (including phenoxy) is 4. The summed E-state index contributed by atoms with van der Waals surface area (Å²) in [4.78, 5) is 17.2. The van der Waals surface area contributed by atoms with Gasteiger partial charge in [0.2, 0.25) is 5.75 Å². The molecule has 0 spiro atoms. The van der Waals surface area contributed by atoms with Gasteiger partial charge in [-0.05, 0) is 24.1 Å². The number of thiazole rings is 1. The van der Waals surface area contributed by atoms with Gasteiger partial charge in [-0.1, -0.05) is 23.5 Å². The Hall–Kier alpha value is -3.46. The first-order chi connectivity index (χ1) is 15.1. The molecule has 0 radical (unpaired) electrons. The Kier molecular flexibility index (Phi) is 7.55. The number of hydrogen-bond donors (Lipinski definition) is 2. The standard InChI is InChI=1S/C22H25N3O5S/c1-27-16-7-5-14(6-8-16)9-10-23-21(26)19-13-24-22(31-19)25-15-11-17(28-2)20(30-4)18(12-15)29-3/h5-8,11-13H,9-10H2,1-4H3,(H,23,26)(H,24,25). The van der Waals surface area contributed by atoms with Gasteiger partial charge in [0.15, 0.2) is 16.6 Å². The maximum atomic E-state index is 12.4. The predicted octanol–water partition coefficient (Wildman–Crippen LogP) is 3.89. The normalized spacial score (nSPS) is 10.3. The molecule has 0 unspecified atom stereocenters. The summed E-state index contributed by atoms with van der Waals surface area (Å²) in [5.41, 5.74) is 1.82. The SMILES string of the molecule is COc1ccc(CCNC(=O)c2cnc(Nc3cc(OC)c(OC)c(OC)c3)s2)cc1. The molecule has 3 aromatic rings. The number of amides is 1. The molecule has 0 atom stereocenters. The summed E-state index contributed by atoms with van der Waals surface area (Å²) in [5.74, 6) is 2.20. The summed E-state index contributed by atoms with van der Waals surface area (Å²) < 4.78 is 21.2. The molecule has 0 fully saturated rings.